The number of amides is 1. The summed E-state index contributed by atoms with van der Waals surface area (Å²) in [7, 11) is 0. The van der Waals surface area contributed by atoms with Crippen LogP contribution in [0, 0.1) is 12.3 Å². The minimum absolute atomic E-state index is 0.167. The lowest BCUT2D eigenvalue weighted by Gasteiger charge is -2.02. The number of pyridine rings is 2. The van der Waals surface area contributed by atoms with Crippen molar-refractivity contribution in [3.05, 3.63) is 30.0 Å². The van der Waals surface area contributed by atoms with Crippen molar-refractivity contribution in [3.8, 4) is 12.3 Å². The van der Waals surface area contributed by atoms with Crippen molar-refractivity contribution in [1.29, 1.82) is 0 Å². The first-order valence-corrected chi connectivity index (χ1v) is 4.71. The summed E-state index contributed by atoms with van der Waals surface area (Å²) in [5, 5.41) is 3.48. The van der Waals surface area contributed by atoms with Gasteiger partial charge in [-0.25, -0.2) is 9.97 Å². The molecule has 1 N–H and O–H groups in total. The first-order valence-electron chi connectivity index (χ1n) is 4.71. The van der Waals surface area contributed by atoms with Crippen LogP contribution >= 0.6 is 0 Å². The van der Waals surface area contributed by atoms with E-state index in [2.05, 4.69) is 21.2 Å². The van der Waals surface area contributed by atoms with Crippen molar-refractivity contribution in [2.45, 2.75) is 6.92 Å². The number of terminal acetylenes is 1. The highest BCUT2D eigenvalue weighted by Crippen LogP contribution is 2.13. The van der Waals surface area contributed by atoms with E-state index < -0.39 is 0 Å². The Kier molecular flexibility index (Phi) is 2.52. The maximum atomic E-state index is 10.9. The second-order valence-electron chi connectivity index (χ2n) is 3.27. The van der Waals surface area contributed by atoms with Gasteiger partial charge in [-0.15, -0.1) is 6.42 Å². The molecule has 0 radical (unpaired) electrons. The normalized spacial score (nSPS) is 9.75. The van der Waals surface area contributed by atoms with Gasteiger partial charge in [-0.1, -0.05) is 5.92 Å². The summed E-state index contributed by atoms with van der Waals surface area (Å²) in [5.74, 6) is 2.75. The van der Waals surface area contributed by atoms with Gasteiger partial charge in [0.1, 0.15) is 11.5 Å². The van der Waals surface area contributed by atoms with E-state index in [9.17, 15) is 4.79 Å². The second kappa shape index (κ2) is 3.99. The summed E-state index contributed by atoms with van der Waals surface area (Å²) in [4.78, 5) is 19.2. The Morgan fingerprint density at radius 2 is 2.06 bits per heavy atom. The zero-order valence-electron chi connectivity index (χ0n) is 8.69. The molecule has 2 rings (SSSR count). The molecule has 0 aliphatic carbocycles. The molecular formula is C12H9N3O. The first-order chi connectivity index (χ1) is 7.69. The van der Waals surface area contributed by atoms with Gasteiger partial charge in [0, 0.05) is 12.3 Å². The maximum Gasteiger partial charge on any atom is 0.222 e. The molecule has 0 aliphatic heterocycles. The molecule has 2 aromatic rings. The topological polar surface area (TPSA) is 54.9 Å². The van der Waals surface area contributed by atoms with Gasteiger partial charge in [0.05, 0.1) is 0 Å². The Morgan fingerprint density at radius 1 is 1.31 bits per heavy atom. The van der Waals surface area contributed by atoms with Gasteiger partial charge in [0.15, 0.2) is 5.65 Å². The van der Waals surface area contributed by atoms with Crippen LogP contribution in [-0.4, -0.2) is 15.9 Å². The van der Waals surface area contributed by atoms with Gasteiger partial charge >= 0.3 is 0 Å². The van der Waals surface area contributed by atoms with E-state index in [1.807, 2.05) is 12.1 Å². The molecule has 4 heteroatoms. The molecule has 0 saturated heterocycles. The number of rotatable bonds is 1. The summed E-state index contributed by atoms with van der Waals surface area (Å²) < 4.78 is 0. The van der Waals surface area contributed by atoms with E-state index in [0.29, 0.717) is 17.2 Å². The molecule has 1 amide bonds. The van der Waals surface area contributed by atoms with Gasteiger partial charge < -0.3 is 5.32 Å². The van der Waals surface area contributed by atoms with Crippen LogP contribution in [0.1, 0.15) is 12.6 Å². The van der Waals surface area contributed by atoms with Crippen LogP contribution in [0.15, 0.2) is 24.3 Å². The lowest BCUT2D eigenvalue weighted by atomic mass is 10.2. The third-order valence-corrected chi connectivity index (χ3v) is 2.00. The Morgan fingerprint density at radius 3 is 2.75 bits per heavy atom. The molecule has 0 aromatic carbocycles. The summed E-state index contributed by atoms with van der Waals surface area (Å²) in [6, 6.07) is 7.16. The number of carbonyl (C=O) groups is 1. The molecule has 2 aromatic heterocycles. The summed E-state index contributed by atoms with van der Waals surface area (Å²) in [6.45, 7) is 1.43. The highest BCUT2D eigenvalue weighted by atomic mass is 16.1. The molecule has 0 spiro atoms. The SMILES string of the molecule is C#Cc1ccc2ccc(NC(C)=O)nc2n1. The van der Waals surface area contributed by atoms with Crippen LogP contribution in [0.4, 0.5) is 5.82 Å². The Hall–Kier alpha value is -2.41. The van der Waals surface area contributed by atoms with Crippen molar-refractivity contribution in [3.63, 3.8) is 0 Å². The molecule has 16 heavy (non-hydrogen) atoms. The van der Waals surface area contributed by atoms with E-state index in [-0.39, 0.29) is 5.91 Å². The monoisotopic (exact) mass is 211 g/mol. The summed E-state index contributed by atoms with van der Waals surface area (Å²) in [6.07, 6.45) is 5.25. The quantitative estimate of drug-likeness (QED) is 0.728. The minimum Gasteiger partial charge on any atom is -0.311 e. The van der Waals surface area contributed by atoms with E-state index in [4.69, 9.17) is 6.42 Å². The fourth-order valence-corrected chi connectivity index (χ4v) is 1.33. The van der Waals surface area contributed by atoms with Crippen LogP contribution in [0.25, 0.3) is 11.0 Å². The molecular weight excluding hydrogens is 202 g/mol. The fourth-order valence-electron chi connectivity index (χ4n) is 1.33. The predicted octanol–water partition coefficient (Wildman–Crippen LogP) is 1.57. The van der Waals surface area contributed by atoms with E-state index >= 15 is 0 Å². The summed E-state index contributed by atoms with van der Waals surface area (Å²) in [5.41, 5.74) is 1.06. The smallest absolute Gasteiger partial charge is 0.222 e. The zero-order valence-corrected chi connectivity index (χ0v) is 8.69. The van der Waals surface area contributed by atoms with Gasteiger partial charge in [-0.2, -0.15) is 0 Å². The predicted molar refractivity (Wildman–Crippen MR) is 61.8 cm³/mol. The largest absolute Gasteiger partial charge is 0.311 e. The van der Waals surface area contributed by atoms with Gasteiger partial charge in [0.25, 0.3) is 0 Å². The highest BCUT2D eigenvalue weighted by molar-refractivity contribution is 5.89. The van der Waals surface area contributed by atoms with Crippen LogP contribution < -0.4 is 5.32 Å². The van der Waals surface area contributed by atoms with Crippen molar-refractivity contribution in [2.75, 3.05) is 5.32 Å². The molecule has 0 bridgehead atoms. The van der Waals surface area contributed by atoms with Crippen molar-refractivity contribution in [2.24, 2.45) is 0 Å². The van der Waals surface area contributed by atoms with Gasteiger partial charge in [-0.05, 0) is 24.3 Å². The minimum atomic E-state index is -0.167. The molecule has 0 atom stereocenters. The van der Waals surface area contributed by atoms with E-state index in [1.165, 1.54) is 6.92 Å². The number of aromatic nitrogens is 2. The van der Waals surface area contributed by atoms with Gasteiger partial charge in [-0.3, -0.25) is 4.79 Å². The molecule has 4 nitrogen and oxygen atoms in total. The molecule has 0 aliphatic rings. The molecule has 0 fully saturated rings. The van der Waals surface area contributed by atoms with Gasteiger partial charge in [0.2, 0.25) is 5.91 Å². The number of anilines is 1. The van der Waals surface area contributed by atoms with Crippen LogP contribution in [-0.2, 0) is 4.79 Å². The first kappa shape index (κ1) is 10.1. The van der Waals surface area contributed by atoms with Crippen LogP contribution in [0.2, 0.25) is 0 Å². The third-order valence-electron chi connectivity index (χ3n) is 2.00. The number of hydrogen-bond donors (Lipinski definition) is 1. The second-order valence-corrected chi connectivity index (χ2v) is 3.27. The summed E-state index contributed by atoms with van der Waals surface area (Å²) >= 11 is 0. The Balaban J connectivity index is 2.51. The number of nitrogens with zero attached hydrogens (tertiary/aromatic N) is 2. The third kappa shape index (κ3) is 1.98. The average molecular weight is 211 g/mol. The van der Waals surface area contributed by atoms with Crippen molar-refractivity contribution >= 4 is 22.8 Å². The number of fused-ring (bicyclic) bond motifs is 1. The number of carbonyl (C=O) groups excluding carboxylic acids is 1. The number of hydrogen-bond acceptors (Lipinski definition) is 3. The lowest BCUT2D eigenvalue weighted by Crippen LogP contribution is -2.07. The molecule has 78 valence electrons. The standard InChI is InChI=1S/C12H9N3O/c1-3-10-6-4-9-5-7-11(13-8(2)16)15-12(9)14-10/h1,4-7H,2H3,(H,13,14,15,16). The maximum absolute atomic E-state index is 10.9. The van der Waals surface area contributed by atoms with E-state index in [0.717, 1.165) is 5.39 Å². The average Bonchev–Trinajstić information content (AvgIpc) is 2.27. The Labute approximate surface area is 92.7 Å². The fraction of sp³-hybridized carbons (Fsp3) is 0.0833. The molecule has 0 unspecified atom stereocenters. The molecule has 0 saturated carbocycles. The van der Waals surface area contributed by atoms with E-state index in [1.54, 1.807) is 12.1 Å². The Bertz CT molecular complexity index is 599. The van der Waals surface area contributed by atoms with Crippen molar-refractivity contribution < 1.29 is 4.79 Å². The number of nitrogens with one attached hydrogen (secondary N) is 1. The lowest BCUT2D eigenvalue weighted by molar-refractivity contribution is -0.114. The molecule has 2 heterocycles. The zero-order chi connectivity index (χ0) is 11.5. The van der Waals surface area contributed by atoms with Crippen molar-refractivity contribution in [1.82, 2.24) is 9.97 Å². The highest BCUT2D eigenvalue weighted by Gasteiger charge is 2.01. The van der Waals surface area contributed by atoms with Crippen LogP contribution in [0.5, 0.6) is 0 Å². The van der Waals surface area contributed by atoms with Crippen LogP contribution in [0.3, 0.4) is 0 Å².